The van der Waals surface area contributed by atoms with Crippen LogP contribution in [0.15, 0.2) is 33.7 Å². The normalized spacial score (nSPS) is 12.6. The van der Waals surface area contributed by atoms with Gasteiger partial charge in [0.2, 0.25) is 5.89 Å². The van der Waals surface area contributed by atoms with Gasteiger partial charge in [0.1, 0.15) is 0 Å². The summed E-state index contributed by atoms with van der Waals surface area (Å²) in [5.74, 6) is 1.79. The van der Waals surface area contributed by atoms with Crippen molar-refractivity contribution in [3.05, 3.63) is 41.0 Å². The molecule has 0 unspecified atom stereocenters. The van der Waals surface area contributed by atoms with Crippen LogP contribution in [0.2, 0.25) is 5.02 Å². The zero-order valence-corrected chi connectivity index (χ0v) is 13.0. The Morgan fingerprint density at radius 3 is 2.95 bits per heavy atom. The quantitative estimate of drug-likeness (QED) is 0.776. The summed E-state index contributed by atoms with van der Waals surface area (Å²) >= 11 is 7.68. The Balaban J connectivity index is 1.91. The fourth-order valence-corrected chi connectivity index (χ4v) is 2.81. The van der Waals surface area contributed by atoms with Crippen LogP contribution in [0.5, 0.6) is 0 Å². The van der Waals surface area contributed by atoms with Crippen molar-refractivity contribution in [2.24, 2.45) is 5.73 Å². The minimum absolute atomic E-state index is 0.165. The molecular formula is C14H18ClN3OS. The van der Waals surface area contributed by atoms with Gasteiger partial charge in [-0.3, -0.25) is 0 Å². The lowest BCUT2D eigenvalue weighted by atomic mass is 10.1. The highest BCUT2D eigenvalue weighted by Crippen LogP contribution is 2.28. The minimum atomic E-state index is -0.165. The van der Waals surface area contributed by atoms with Crippen molar-refractivity contribution in [3.8, 4) is 0 Å². The lowest BCUT2D eigenvalue weighted by Crippen LogP contribution is -2.10. The zero-order chi connectivity index (χ0) is 14.4. The Morgan fingerprint density at radius 2 is 2.20 bits per heavy atom. The lowest BCUT2D eigenvalue weighted by Gasteiger charge is -2.03. The summed E-state index contributed by atoms with van der Waals surface area (Å²) < 4.78 is 5.21. The van der Waals surface area contributed by atoms with Gasteiger partial charge in [0.05, 0.1) is 16.8 Å². The number of aromatic nitrogens is 2. The largest absolute Gasteiger partial charge is 0.338 e. The molecule has 1 atom stereocenters. The third-order valence-electron chi connectivity index (χ3n) is 2.86. The van der Waals surface area contributed by atoms with Crippen molar-refractivity contribution in [1.29, 1.82) is 0 Å². The molecule has 0 aliphatic rings. The highest BCUT2D eigenvalue weighted by Gasteiger charge is 2.14. The molecule has 1 heterocycles. The number of unbranched alkanes of at least 4 members (excludes halogenated alkanes) is 1. The molecule has 0 aliphatic carbocycles. The smallest absolute Gasteiger partial charge is 0.243 e. The lowest BCUT2D eigenvalue weighted by molar-refractivity contribution is 0.343. The van der Waals surface area contributed by atoms with Crippen LogP contribution < -0.4 is 5.73 Å². The van der Waals surface area contributed by atoms with E-state index in [9.17, 15) is 0 Å². The molecule has 0 bridgehead atoms. The topological polar surface area (TPSA) is 64.9 Å². The molecule has 0 spiro atoms. The van der Waals surface area contributed by atoms with E-state index in [1.54, 1.807) is 11.8 Å². The summed E-state index contributed by atoms with van der Waals surface area (Å²) in [4.78, 5) is 5.35. The molecule has 0 saturated heterocycles. The minimum Gasteiger partial charge on any atom is -0.338 e. The molecule has 1 aromatic carbocycles. The standard InChI is InChI=1S/C14H18ClN3OS/c1-2-3-7-11(16)14-17-13(18-19-14)9-20-12-8-5-4-6-10(12)15/h4-6,8,11H,2-3,7,9,16H2,1H3/t11-/m0/s1. The molecule has 1 aromatic heterocycles. The zero-order valence-electron chi connectivity index (χ0n) is 11.4. The van der Waals surface area contributed by atoms with Gasteiger partial charge in [0.15, 0.2) is 5.82 Å². The molecule has 0 saturated carbocycles. The highest BCUT2D eigenvalue weighted by molar-refractivity contribution is 7.98. The second-order valence-electron chi connectivity index (χ2n) is 4.52. The van der Waals surface area contributed by atoms with E-state index in [0.717, 1.165) is 29.2 Å². The number of benzene rings is 1. The average Bonchev–Trinajstić information content (AvgIpc) is 2.93. The number of nitrogens with zero attached hydrogens (tertiary/aromatic N) is 2. The molecule has 2 rings (SSSR count). The average molecular weight is 312 g/mol. The maximum Gasteiger partial charge on any atom is 0.243 e. The third-order valence-corrected chi connectivity index (χ3v) is 4.37. The van der Waals surface area contributed by atoms with Crippen LogP contribution in [-0.2, 0) is 5.75 Å². The Hall–Kier alpha value is -1.04. The monoisotopic (exact) mass is 311 g/mol. The highest BCUT2D eigenvalue weighted by atomic mass is 35.5. The van der Waals surface area contributed by atoms with Gasteiger partial charge < -0.3 is 10.3 Å². The first-order chi connectivity index (χ1) is 9.70. The van der Waals surface area contributed by atoms with Crippen LogP contribution in [-0.4, -0.2) is 10.1 Å². The predicted octanol–water partition coefficient (Wildman–Crippen LogP) is 4.21. The van der Waals surface area contributed by atoms with Crippen LogP contribution in [0.4, 0.5) is 0 Å². The summed E-state index contributed by atoms with van der Waals surface area (Å²) in [5, 5.41) is 4.70. The summed E-state index contributed by atoms with van der Waals surface area (Å²) in [6.45, 7) is 2.13. The van der Waals surface area contributed by atoms with Crippen LogP contribution in [0.25, 0.3) is 0 Å². The molecule has 4 nitrogen and oxygen atoms in total. The Kier molecular flexibility index (Phi) is 5.88. The summed E-state index contributed by atoms with van der Waals surface area (Å²) in [5.41, 5.74) is 6.00. The van der Waals surface area contributed by atoms with E-state index in [1.165, 1.54) is 0 Å². The van der Waals surface area contributed by atoms with Crippen LogP contribution in [0.1, 0.15) is 43.9 Å². The first kappa shape index (κ1) is 15.4. The Bertz CT molecular complexity index is 547. The van der Waals surface area contributed by atoms with E-state index < -0.39 is 0 Å². The first-order valence-electron chi connectivity index (χ1n) is 6.66. The molecule has 6 heteroatoms. The van der Waals surface area contributed by atoms with Crippen molar-refractivity contribution in [2.75, 3.05) is 0 Å². The van der Waals surface area contributed by atoms with Gasteiger partial charge in [-0.1, -0.05) is 48.7 Å². The number of rotatable bonds is 7. The third kappa shape index (κ3) is 4.23. The molecule has 2 aromatic rings. The van der Waals surface area contributed by atoms with Gasteiger partial charge in [-0.25, -0.2) is 0 Å². The summed E-state index contributed by atoms with van der Waals surface area (Å²) in [7, 11) is 0. The van der Waals surface area contributed by atoms with Gasteiger partial charge >= 0.3 is 0 Å². The van der Waals surface area contributed by atoms with Gasteiger partial charge in [0.25, 0.3) is 0 Å². The first-order valence-corrected chi connectivity index (χ1v) is 8.02. The molecule has 0 fully saturated rings. The van der Waals surface area contributed by atoms with E-state index >= 15 is 0 Å². The molecule has 0 radical (unpaired) electrons. The maximum absolute atomic E-state index is 6.10. The molecule has 0 aliphatic heterocycles. The van der Waals surface area contributed by atoms with Crippen LogP contribution in [0.3, 0.4) is 0 Å². The van der Waals surface area contributed by atoms with E-state index in [-0.39, 0.29) is 6.04 Å². The summed E-state index contributed by atoms with van der Waals surface area (Å²) in [6.07, 6.45) is 3.04. The number of nitrogens with two attached hydrogens (primary N) is 1. The Morgan fingerprint density at radius 1 is 1.40 bits per heavy atom. The van der Waals surface area contributed by atoms with Crippen molar-refractivity contribution in [1.82, 2.24) is 10.1 Å². The number of thioether (sulfide) groups is 1. The van der Waals surface area contributed by atoms with Crippen molar-refractivity contribution in [2.45, 2.75) is 42.9 Å². The van der Waals surface area contributed by atoms with Crippen molar-refractivity contribution < 1.29 is 4.52 Å². The van der Waals surface area contributed by atoms with Gasteiger partial charge in [-0.05, 0) is 18.6 Å². The molecular weight excluding hydrogens is 294 g/mol. The van der Waals surface area contributed by atoms with Gasteiger partial charge in [-0.15, -0.1) is 11.8 Å². The number of halogens is 1. The fraction of sp³-hybridized carbons (Fsp3) is 0.429. The van der Waals surface area contributed by atoms with Crippen LogP contribution >= 0.6 is 23.4 Å². The maximum atomic E-state index is 6.10. The van der Waals surface area contributed by atoms with Crippen molar-refractivity contribution in [3.63, 3.8) is 0 Å². The second-order valence-corrected chi connectivity index (χ2v) is 5.94. The molecule has 0 amide bonds. The molecule has 108 valence electrons. The predicted molar refractivity (Wildman–Crippen MR) is 81.8 cm³/mol. The van der Waals surface area contributed by atoms with Crippen molar-refractivity contribution >= 4 is 23.4 Å². The molecule has 2 N–H and O–H groups in total. The molecule has 20 heavy (non-hydrogen) atoms. The second kappa shape index (κ2) is 7.67. The SMILES string of the molecule is CCCC[C@H](N)c1nc(CSc2ccccc2Cl)no1. The summed E-state index contributed by atoms with van der Waals surface area (Å²) in [6, 6.07) is 7.54. The van der Waals surface area contributed by atoms with Gasteiger partial charge in [0, 0.05) is 4.90 Å². The van der Waals surface area contributed by atoms with Crippen LogP contribution in [0, 0.1) is 0 Å². The number of hydrogen-bond acceptors (Lipinski definition) is 5. The van der Waals surface area contributed by atoms with E-state index in [2.05, 4.69) is 17.1 Å². The van der Waals surface area contributed by atoms with Gasteiger partial charge in [-0.2, -0.15) is 4.98 Å². The fourth-order valence-electron chi connectivity index (χ4n) is 1.73. The number of hydrogen-bond donors (Lipinski definition) is 1. The van der Waals surface area contributed by atoms with E-state index in [1.807, 2.05) is 24.3 Å². The van der Waals surface area contributed by atoms with E-state index in [4.69, 9.17) is 21.9 Å². The van der Waals surface area contributed by atoms with E-state index in [0.29, 0.717) is 17.5 Å². The Labute approximate surface area is 128 Å².